The molecule has 0 bridgehead atoms. The number of nitrogens with one attached hydrogen (secondary N) is 2. The van der Waals surface area contributed by atoms with Crippen molar-refractivity contribution in [3.05, 3.63) is 52.0 Å². The van der Waals surface area contributed by atoms with Gasteiger partial charge >= 0.3 is 0 Å². The molecule has 0 aromatic carbocycles. The van der Waals surface area contributed by atoms with Crippen LogP contribution in [0.15, 0.2) is 41.5 Å². The van der Waals surface area contributed by atoms with Gasteiger partial charge in [0, 0.05) is 48.7 Å². The summed E-state index contributed by atoms with van der Waals surface area (Å²) in [6.45, 7) is 3.70. The molecule has 0 fully saturated rings. The Bertz CT molecular complexity index is 714. The second-order valence-corrected chi connectivity index (χ2v) is 7.14. The van der Waals surface area contributed by atoms with Gasteiger partial charge in [0.15, 0.2) is 5.96 Å². The number of hydrogen-bond acceptors (Lipinski definition) is 4. The van der Waals surface area contributed by atoms with Crippen molar-refractivity contribution in [1.29, 1.82) is 0 Å². The first-order valence-corrected chi connectivity index (χ1v) is 9.60. The Morgan fingerprint density at radius 1 is 1.23 bits per heavy atom. The normalized spacial score (nSPS) is 11.3. The Kier molecular flexibility index (Phi) is 8.08. The van der Waals surface area contributed by atoms with E-state index < -0.39 is 0 Å². The summed E-state index contributed by atoms with van der Waals surface area (Å²) in [7, 11) is 3.51. The SMILES string of the molecule is CCc1ccc(CNC(=NC)NCC(=O)N(C)CCc2ccccn2)s1. The number of thiophene rings is 1. The maximum atomic E-state index is 12.3. The van der Waals surface area contributed by atoms with Crippen molar-refractivity contribution >= 4 is 23.2 Å². The second kappa shape index (κ2) is 10.6. The lowest BCUT2D eigenvalue weighted by molar-refractivity contribution is -0.128. The minimum atomic E-state index is 0.0215. The van der Waals surface area contributed by atoms with Crippen LogP contribution in [0.1, 0.15) is 22.4 Å². The number of hydrogen-bond donors (Lipinski definition) is 2. The first-order chi connectivity index (χ1) is 12.6. The van der Waals surface area contributed by atoms with Gasteiger partial charge < -0.3 is 15.5 Å². The third-order valence-corrected chi connectivity index (χ3v) is 5.21. The summed E-state index contributed by atoms with van der Waals surface area (Å²) in [6.07, 6.45) is 3.57. The van der Waals surface area contributed by atoms with E-state index in [-0.39, 0.29) is 12.5 Å². The summed E-state index contributed by atoms with van der Waals surface area (Å²) in [4.78, 5) is 25.0. The van der Waals surface area contributed by atoms with E-state index in [0.29, 0.717) is 19.0 Å². The maximum absolute atomic E-state index is 12.3. The average Bonchev–Trinajstić information content (AvgIpc) is 3.15. The summed E-state index contributed by atoms with van der Waals surface area (Å²) in [5, 5.41) is 6.32. The fourth-order valence-corrected chi connectivity index (χ4v) is 3.24. The summed E-state index contributed by atoms with van der Waals surface area (Å²) in [5.41, 5.74) is 0.986. The Morgan fingerprint density at radius 3 is 2.69 bits per heavy atom. The molecular formula is C19H27N5OS. The predicted octanol–water partition coefficient (Wildman–Crippen LogP) is 2.07. The van der Waals surface area contributed by atoms with Crippen molar-refractivity contribution in [3.63, 3.8) is 0 Å². The summed E-state index contributed by atoms with van der Waals surface area (Å²) in [5.74, 6) is 0.649. The molecule has 140 valence electrons. The Balaban J connectivity index is 1.71. The number of aliphatic imine (C=N–C) groups is 1. The molecule has 2 aromatic heterocycles. The van der Waals surface area contributed by atoms with Gasteiger partial charge in [0.2, 0.25) is 5.91 Å². The van der Waals surface area contributed by atoms with E-state index >= 15 is 0 Å². The van der Waals surface area contributed by atoms with Gasteiger partial charge in [-0.15, -0.1) is 11.3 Å². The van der Waals surface area contributed by atoms with Gasteiger partial charge in [-0.05, 0) is 30.7 Å². The van der Waals surface area contributed by atoms with Crippen LogP contribution in [0.2, 0.25) is 0 Å². The zero-order valence-electron chi connectivity index (χ0n) is 15.7. The summed E-state index contributed by atoms with van der Waals surface area (Å²) in [6, 6.07) is 10.1. The number of aromatic nitrogens is 1. The van der Waals surface area contributed by atoms with Crippen LogP contribution in [-0.2, 0) is 24.2 Å². The highest BCUT2D eigenvalue weighted by atomic mass is 32.1. The van der Waals surface area contributed by atoms with E-state index in [9.17, 15) is 4.79 Å². The number of amides is 1. The standard InChI is InChI=1S/C19H27N5OS/c1-4-16-8-9-17(26-16)13-22-19(20-2)23-14-18(25)24(3)12-10-15-7-5-6-11-21-15/h5-9,11H,4,10,12-14H2,1-3H3,(H2,20,22,23). The molecule has 0 aliphatic rings. The van der Waals surface area contributed by atoms with Crippen molar-refractivity contribution < 1.29 is 4.79 Å². The van der Waals surface area contributed by atoms with Crippen molar-refractivity contribution in [1.82, 2.24) is 20.5 Å². The number of carbonyl (C=O) groups is 1. The molecule has 0 unspecified atom stereocenters. The zero-order valence-corrected chi connectivity index (χ0v) is 16.5. The molecule has 2 rings (SSSR count). The minimum Gasteiger partial charge on any atom is -0.352 e. The minimum absolute atomic E-state index is 0.0215. The molecule has 0 aliphatic carbocycles. The first-order valence-electron chi connectivity index (χ1n) is 8.78. The topological polar surface area (TPSA) is 69.6 Å². The number of rotatable bonds is 8. The van der Waals surface area contributed by atoms with Gasteiger partial charge in [0.1, 0.15) is 0 Å². The summed E-state index contributed by atoms with van der Waals surface area (Å²) >= 11 is 1.79. The molecule has 6 nitrogen and oxygen atoms in total. The van der Waals surface area contributed by atoms with Crippen molar-refractivity contribution in [2.24, 2.45) is 4.99 Å². The predicted molar refractivity (Wildman–Crippen MR) is 107 cm³/mol. The smallest absolute Gasteiger partial charge is 0.241 e. The van der Waals surface area contributed by atoms with Crippen molar-refractivity contribution in [2.75, 3.05) is 27.2 Å². The number of nitrogens with zero attached hydrogens (tertiary/aromatic N) is 3. The molecular weight excluding hydrogens is 346 g/mol. The monoisotopic (exact) mass is 373 g/mol. The third-order valence-electron chi connectivity index (χ3n) is 3.98. The molecule has 1 amide bonds. The zero-order chi connectivity index (χ0) is 18.8. The van der Waals surface area contributed by atoms with Crippen LogP contribution in [0.4, 0.5) is 0 Å². The van der Waals surface area contributed by atoms with Crippen LogP contribution in [0.5, 0.6) is 0 Å². The van der Waals surface area contributed by atoms with Gasteiger partial charge in [-0.3, -0.25) is 14.8 Å². The fraction of sp³-hybridized carbons (Fsp3) is 0.421. The molecule has 0 saturated heterocycles. The van der Waals surface area contributed by atoms with Gasteiger partial charge in [-0.2, -0.15) is 0 Å². The van der Waals surface area contributed by atoms with Crippen LogP contribution >= 0.6 is 11.3 Å². The van der Waals surface area contributed by atoms with Crippen LogP contribution < -0.4 is 10.6 Å². The summed E-state index contributed by atoms with van der Waals surface area (Å²) < 4.78 is 0. The Morgan fingerprint density at radius 2 is 2.04 bits per heavy atom. The van der Waals surface area contributed by atoms with Crippen LogP contribution in [0.3, 0.4) is 0 Å². The molecule has 0 spiro atoms. The van der Waals surface area contributed by atoms with Gasteiger partial charge in [-0.25, -0.2) is 0 Å². The largest absolute Gasteiger partial charge is 0.352 e. The molecule has 0 atom stereocenters. The number of likely N-dealkylation sites (N-methyl/N-ethyl adjacent to an activating group) is 1. The first kappa shape index (κ1) is 19.9. The lowest BCUT2D eigenvalue weighted by Gasteiger charge is -2.18. The molecule has 7 heteroatoms. The Hall–Kier alpha value is -2.41. The highest BCUT2D eigenvalue weighted by Gasteiger charge is 2.10. The van der Waals surface area contributed by atoms with Gasteiger partial charge in [0.05, 0.1) is 13.1 Å². The molecule has 0 saturated carbocycles. The van der Waals surface area contributed by atoms with Crippen molar-refractivity contribution in [3.8, 4) is 0 Å². The van der Waals surface area contributed by atoms with Crippen molar-refractivity contribution in [2.45, 2.75) is 26.3 Å². The maximum Gasteiger partial charge on any atom is 0.241 e. The second-order valence-electron chi connectivity index (χ2n) is 5.89. The van der Waals surface area contributed by atoms with Gasteiger partial charge in [-0.1, -0.05) is 13.0 Å². The molecule has 2 N–H and O–H groups in total. The van der Waals surface area contributed by atoms with E-state index in [1.807, 2.05) is 18.2 Å². The van der Waals surface area contributed by atoms with E-state index in [4.69, 9.17) is 0 Å². The number of carbonyl (C=O) groups excluding carboxylic acids is 1. The molecule has 0 radical (unpaired) electrons. The van der Waals surface area contributed by atoms with Crippen LogP contribution in [0.25, 0.3) is 0 Å². The third kappa shape index (κ3) is 6.48. The number of guanidine groups is 1. The quantitative estimate of drug-likeness (QED) is 0.549. The molecule has 2 heterocycles. The lowest BCUT2D eigenvalue weighted by atomic mass is 10.2. The van der Waals surface area contributed by atoms with Crippen LogP contribution in [-0.4, -0.2) is 48.9 Å². The van der Waals surface area contributed by atoms with Crippen LogP contribution in [0, 0.1) is 0 Å². The number of pyridine rings is 1. The average molecular weight is 374 g/mol. The Labute approximate surface area is 159 Å². The van der Waals surface area contributed by atoms with Gasteiger partial charge in [0.25, 0.3) is 0 Å². The van der Waals surface area contributed by atoms with E-state index in [1.165, 1.54) is 9.75 Å². The molecule has 0 aliphatic heterocycles. The highest BCUT2D eigenvalue weighted by Crippen LogP contribution is 2.16. The highest BCUT2D eigenvalue weighted by molar-refractivity contribution is 7.11. The number of aryl methyl sites for hydroxylation is 1. The fourth-order valence-electron chi connectivity index (χ4n) is 2.35. The van der Waals surface area contributed by atoms with E-state index in [1.54, 1.807) is 36.5 Å². The molecule has 26 heavy (non-hydrogen) atoms. The lowest BCUT2D eigenvalue weighted by Crippen LogP contribution is -2.43. The van der Waals surface area contributed by atoms with E-state index in [0.717, 1.165) is 18.5 Å². The molecule has 2 aromatic rings. The van der Waals surface area contributed by atoms with E-state index in [2.05, 4.69) is 39.7 Å².